The van der Waals surface area contributed by atoms with Crippen LogP contribution in [0, 0.1) is 11.3 Å². The lowest BCUT2D eigenvalue weighted by molar-refractivity contribution is -0.133. The minimum absolute atomic E-state index is 0.0676. The van der Waals surface area contributed by atoms with Gasteiger partial charge in [-0.05, 0) is 32.6 Å². The quantitative estimate of drug-likeness (QED) is 0.728. The van der Waals surface area contributed by atoms with E-state index >= 15 is 0 Å². The Morgan fingerprint density at radius 2 is 1.86 bits per heavy atom. The highest BCUT2D eigenvalue weighted by Gasteiger charge is 2.40. The maximum Gasteiger partial charge on any atom is 0.141 e. The highest BCUT2D eigenvalue weighted by atomic mass is 16.1. The van der Waals surface area contributed by atoms with E-state index in [-0.39, 0.29) is 16.9 Å². The number of hydrogen-bond acceptors (Lipinski definition) is 3. The topological polar surface area (TPSA) is 47.8 Å². The highest BCUT2D eigenvalue weighted by molar-refractivity contribution is 5.86. The second kappa shape index (κ2) is 6.71. The molecule has 0 bridgehead atoms. The summed E-state index contributed by atoms with van der Waals surface area (Å²) in [5, 5.41) is 8.52. The molecule has 0 amide bonds. The maximum absolute atomic E-state index is 12.6. The van der Waals surface area contributed by atoms with Crippen molar-refractivity contribution in [1.82, 2.24) is 15.0 Å². The molecule has 2 atom stereocenters. The molecule has 0 aromatic carbocycles. The van der Waals surface area contributed by atoms with Gasteiger partial charge in [0.15, 0.2) is 0 Å². The zero-order chi connectivity index (χ0) is 16.3. The van der Waals surface area contributed by atoms with E-state index in [0.717, 1.165) is 31.4 Å². The molecule has 0 saturated heterocycles. The number of Topliss-reactive ketones (excluding diaryl/α,β-unsaturated/α-hetero) is 1. The fourth-order valence-electron chi connectivity index (χ4n) is 3.02. The predicted octanol–water partition coefficient (Wildman–Crippen LogP) is 4.00. The molecule has 0 spiro atoms. The third-order valence-electron chi connectivity index (χ3n) is 4.89. The lowest BCUT2D eigenvalue weighted by Crippen LogP contribution is -2.41. The van der Waals surface area contributed by atoms with Crippen molar-refractivity contribution in [2.75, 3.05) is 0 Å². The van der Waals surface area contributed by atoms with E-state index in [1.807, 2.05) is 24.7 Å². The number of ketones is 1. The number of nitrogens with zero attached hydrogens (tertiary/aromatic N) is 3. The molecule has 0 aliphatic carbocycles. The van der Waals surface area contributed by atoms with Gasteiger partial charge in [-0.1, -0.05) is 46.8 Å². The van der Waals surface area contributed by atoms with Gasteiger partial charge in [0, 0.05) is 17.5 Å². The molecular weight excluding hydrogens is 262 g/mol. The minimum Gasteiger partial charge on any atom is -0.299 e. The molecule has 1 rings (SSSR count). The second-order valence-electron chi connectivity index (χ2n) is 6.97. The van der Waals surface area contributed by atoms with Gasteiger partial charge in [0.25, 0.3) is 0 Å². The molecule has 2 unspecified atom stereocenters. The van der Waals surface area contributed by atoms with Crippen LogP contribution in [0.5, 0.6) is 0 Å². The standard InChI is InChI=1S/C17H31N3O/c1-8-14-11-20(19-18-14)17(7,10-3)12-16(6,9-2)15(21)13(4)5/h11,13H,8-10,12H2,1-7H3. The lowest BCUT2D eigenvalue weighted by atomic mass is 9.69. The summed E-state index contributed by atoms with van der Waals surface area (Å²) < 4.78 is 1.97. The maximum atomic E-state index is 12.6. The minimum atomic E-state index is -0.308. The monoisotopic (exact) mass is 293 g/mol. The Bertz CT molecular complexity index is 480. The molecule has 4 heteroatoms. The summed E-state index contributed by atoms with van der Waals surface area (Å²) in [6.07, 6.45) is 5.50. The first-order chi connectivity index (χ1) is 9.72. The molecule has 0 aliphatic heterocycles. The summed E-state index contributed by atoms with van der Waals surface area (Å²) in [6, 6.07) is 0. The van der Waals surface area contributed by atoms with Gasteiger partial charge in [-0.2, -0.15) is 0 Å². The van der Waals surface area contributed by atoms with E-state index in [2.05, 4.69) is 44.9 Å². The van der Waals surface area contributed by atoms with Gasteiger partial charge in [0.05, 0.1) is 11.2 Å². The first-order valence-corrected chi connectivity index (χ1v) is 8.18. The van der Waals surface area contributed by atoms with Crippen molar-refractivity contribution < 1.29 is 4.79 Å². The van der Waals surface area contributed by atoms with Crippen LogP contribution in [0.15, 0.2) is 6.20 Å². The van der Waals surface area contributed by atoms with Crippen molar-refractivity contribution in [3.8, 4) is 0 Å². The van der Waals surface area contributed by atoms with Gasteiger partial charge < -0.3 is 0 Å². The molecule has 21 heavy (non-hydrogen) atoms. The van der Waals surface area contributed by atoms with Gasteiger partial charge in [0.1, 0.15) is 5.78 Å². The summed E-state index contributed by atoms with van der Waals surface area (Å²) in [5.74, 6) is 0.415. The zero-order valence-electron chi connectivity index (χ0n) is 14.7. The average Bonchev–Trinajstić information content (AvgIpc) is 2.95. The molecule has 4 nitrogen and oxygen atoms in total. The number of hydrogen-bond donors (Lipinski definition) is 0. The fourth-order valence-corrected chi connectivity index (χ4v) is 3.02. The molecule has 1 aromatic rings. The Morgan fingerprint density at radius 1 is 1.24 bits per heavy atom. The number of carbonyl (C=O) groups is 1. The Labute approximate surface area is 129 Å². The van der Waals surface area contributed by atoms with Crippen LogP contribution in [0.2, 0.25) is 0 Å². The van der Waals surface area contributed by atoms with Crippen molar-refractivity contribution in [3.63, 3.8) is 0 Å². The Hall–Kier alpha value is -1.19. The molecular formula is C17H31N3O. The third-order valence-corrected chi connectivity index (χ3v) is 4.89. The van der Waals surface area contributed by atoms with Gasteiger partial charge in [0.2, 0.25) is 0 Å². The molecule has 0 radical (unpaired) electrons. The van der Waals surface area contributed by atoms with E-state index in [1.165, 1.54) is 0 Å². The summed E-state index contributed by atoms with van der Waals surface area (Å²) in [7, 11) is 0. The molecule has 0 aliphatic rings. The molecule has 0 N–H and O–H groups in total. The number of carbonyl (C=O) groups excluding carboxylic acids is 1. The van der Waals surface area contributed by atoms with Crippen LogP contribution >= 0.6 is 0 Å². The lowest BCUT2D eigenvalue weighted by Gasteiger charge is -2.38. The number of rotatable bonds is 8. The van der Waals surface area contributed by atoms with Crippen LogP contribution in [0.4, 0.5) is 0 Å². The summed E-state index contributed by atoms with van der Waals surface area (Å²) in [5.41, 5.74) is 0.524. The molecule has 120 valence electrons. The number of aryl methyl sites for hydroxylation is 1. The highest BCUT2D eigenvalue weighted by Crippen LogP contribution is 2.39. The summed E-state index contributed by atoms with van der Waals surface area (Å²) >= 11 is 0. The van der Waals surface area contributed by atoms with E-state index < -0.39 is 0 Å². The first-order valence-electron chi connectivity index (χ1n) is 8.18. The van der Waals surface area contributed by atoms with Gasteiger partial charge in [-0.3, -0.25) is 4.79 Å². The van der Waals surface area contributed by atoms with Crippen LogP contribution in [0.25, 0.3) is 0 Å². The van der Waals surface area contributed by atoms with Gasteiger partial charge >= 0.3 is 0 Å². The van der Waals surface area contributed by atoms with Crippen LogP contribution in [-0.2, 0) is 16.8 Å². The number of aromatic nitrogens is 3. The van der Waals surface area contributed by atoms with E-state index in [0.29, 0.717) is 5.78 Å². The van der Waals surface area contributed by atoms with Crippen molar-refractivity contribution in [2.24, 2.45) is 11.3 Å². The van der Waals surface area contributed by atoms with E-state index in [4.69, 9.17) is 0 Å². The predicted molar refractivity (Wildman–Crippen MR) is 86.2 cm³/mol. The largest absolute Gasteiger partial charge is 0.299 e. The normalized spacial score (nSPS) is 17.5. The second-order valence-corrected chi connectivity index (χ2v) is 6.97. The zero-order valence-corrected chi connectivity index (χ0v) is 14.7. The van der Waals surface area contributed by atoms with Crippen LogP contribution in [-0.4, -0.2) is 20.8 Å². The van der Waals surface area contributed by atoms with Crippen molar-refractivity contribution in [3.05, 3.63) is 11.9 Å². The molecule has 1 heterocycles. The Kier molecular flexibility index (Phi) is 5.71. The summed E-state index contributed by atoms with van der Waals surface area (Å²) in [6.45, 7) is 14.6. The van der Waals surface area contributed by atoms with Crippen LogP contribution in [0.3, 0.4) is 0 Å². The van der Waals surface area contributed by atoms with E-state index in [1.54, 1.807) is 0 Å². The Morgan fingerprint density at radius 3 is 2.24 bits per heavy atom. The smallest absolute Gasteiger partial charge is 0.141 e. The molecule has 1 aromatic heterocycles. The molecule has 0 saturated carbocycles. The first kappa shape index (κ1) is 17.9. The van der Waals surface area contributed by atoms with Gasteiger partial charge in [-0.25, -0.2) is 4.68 Å². The van der Waals surface area contributed by atoms with Gasteiger partial charge in [-0.15, -0.1) is 5.10 Å². The Balaban J connectivity index is 3.10. The van der Waals surface area contributed by atoms with Crippen molar-refractivity contribution in [2.45, 2.75) is 79.7 Å². The fraction of sp³-hybridized carbons (Fsp3) is 0.824. The SMILES string of the molecule is CCc1cn(C(C)(CC)CC(C)(CC)C(=O)C(C)C)nn1. The van der Waals surface area contributed by atoms with Crippen LogP contribution < -0.4 is 0 Å². The third kappa shape index (κ3) is 3.72. The van der Waals surface area contributed by atoms with Crippen molar-refractivity contribution >= 4 is 5.78 Å². The average molecular weight is 293 g/mol. The van der Waals surface area contributed by atoms with Crippen molar-refractivity contribution in [1.29, 1.82) is 0 Å². The summed E-state index contributed by atoms with van der Waals surface area (Å²) in [4.78, 5) is 12.6. The van der Waals surface area contributed by atoms with Crippen LogP contribution in [0.1, 0.15) is 73.4 Å². The van der Waals surface area contributed by atoms with E-state index in [9.17, 15) is 4.79 Å². The molecule has 0 fully saturated rings.